The molecule has 20 heavy (non-hydrogen) atoms. The fourth-order valence-electron chi connectivity index (χ4n) is 2.00. The second kappa shape index (κ2) is 6.25. The summed E-state index contributed by atoms with van der Waals surface area (Å²) in [5.74, 6) is -1.39. The first-order valence-corrected chi connectivity index (χ1v) is 6.71. The highest BCUT2D eigenvalue weighted by Gasteiger charge is 2.21. The first kappa shape index (κ1) is 14.8. The Morgan fingerprint density at radius 1 is 1.15 bits per heavy atom. The van der Waals surface area contributed by atoms with Crippen molar-refractivity contribution in [2.45, 2.75) is 12.3 Å². The summed E-state index contributed by atoms with van der Waals surface area (Å²) in [6.07, 6.45) is 0.358. The summed E-state index contributed by atoms with van der Waals surface area (Å²) in [6.45, 7) is 0. The van der Waals surface area contributed by atoms with Crippen LogP contribution in [-0.4, -0.2) is 5.91 Å². The van der Waals surface area contributed by atoms with E-state index in [9.17, 15) is 9.18 Å². The van der Waals surface area contributed by atoms with Crippen LogP contribution in [0.5, 0.6) is 0 Å². The van der Waals surface area contributed by atoms with Gasteiger partial charge in [0.2, 0.25) is 5.91 Å². The van der Waals surface area contributed by atoms with E-state index in [-0.39, 0.29) is 5.82 Å². The van der Waals surface area contributed by atoms with Gasteiger partial charge in [-0.1, -0.05) is 41.4 Å². The zero-order chi connectivity index (χ0) is 14.7. The van der Waals surface area contributed by atoms with Crippen LogP contribution in [0, 0.1) is 5.82 Å². The Balaban J connectivity index is 2.31. The van der Waals surface area contributed by atoms with E-state index in [0.717, 1.165) is 5.56 Å². The summed E-state index contributed by atoms with van der Waals surface area (Å²) >= 11 is 11.9. The number of primary amides is 1. The highest BCUT2D eigenvalue weighted by Crippen LogP contribution is 2.29. The van der Waals surface area contributed by atoms with E-state index in [1.165, 1.54) is 12.1 Å². The molecule has 0 radical (unpaired) electrons. The zero-order valence-electron chi connectivity index (χ0n) is 10.4. The molecule has 5 heteroatoms. The maximum absolute atomic E-state index is 12.9. The quantitative estimate of drug-likeness (QED) is 0.913. The van der Waals surface area contributed by atoms with Crippen LogP contribution in [0.15, 0.2) is 42.5 Å². The van der Waals surface area contributed by atoms with Crippen molar-refractivity contribution in [2.75, 3.05) is 0 Å². The van der Waals surface area contributed by atoms with Crippen LogP contribution in [-0.2, 0) is 11.2 Å². The van der Waals surface area contributed by atoms with Gasteiger partial charge in [-0.15, -0.1) is 0 Å². The van der Waals surface area contributed by atoms with Crippen LogP contribution in [0.2, 0.25) is 10.0 Å². The van der Waals surface area contributed by atoms with Crippen molar-refractivity contribution < 1.29 is 9.18 Å². The zero-order valence-corrected chi connectivity index (χ0v) is 12.0. The predicted octanol–water partition coefficient (Wildman–Crippen LogP) is 3.94. The normalized spacial score (nSPS) is 12.2. The highest BCUT2D eigenvalue weighted by atomic mass is 35.5. The first-order valence-electron chi connectivity index (χ1n) is 5.96. The van der Waals surface area contributed by atoms with Gasteiger partial charge in [0.25, 0.3) is 0 Å². The van der Waals surface area contributed by atoms with Crippen molar-refractivity contribution in [3.63, 3.8) is 0 Å². The molecule has 2 N–H and O–H groups in total. The molecule has 0 saturated carbocycles. The van der Waals surface area contributed by atoms with E-state index in [1.54, 1.807) is 30.3 Å². The summed E-state index contributed by atoms with van der Waals surface area (Å²) in [4.78, 5) is 11.7. The minimum Gasteiger partial charge on any atom is -0.369 e. The van der Waals surface area contributed by atoms with E-state index in [2.05, 4.69) is 0 Å². The fraction of sp³-hybridized carbons (Fsp3) is 0.133. The molecule has 104 valence electrons. The van der Waals surface area contributed by atoms with Crippen LogP contribution in [0.4, 0.5) is 4.39 Å². The van der Waals surface area contributed by atoms with Crippen molar-refractivity contribution >= 4 is 29.1 Å². The lowest BCUT2D eigenvalue weighted by molar-refractivity contribution is -0.119. The molecule has 0 fully saturated rings. The monoisotopic (exact) mass is 311 g/mol. The molecule has 0 aliphatic heterocycles. The van der Waals surface area contributed by atoms with Gasteiger partial charge in [-0.25, -0.2) is 4.39 Å². The molecule has 2 rings (SSSR count). The molecule has 1 atom stereocenters. The Bertz CT molecular complexity index is 628. The summed E-state index contributed by atoms with van der Waals surface area (Å²) < 4.78 is 12.9. The Morgan fingerprint density at radius 3 is 2.35 bits per heavy atom. The third kappa shape index (κ3) is 3.50. The van der Waals surface area contributed by atoms with Crippen LogP contribution in [0.25, 0.3) is 0 Å². The largest absolute Gasteiger partial charge is 0.369 e. The fourth-order valence-corrected chi connectivity index (χ4v) is 2.54. The molecule has 0 saturated heterocycles. The molecule has 0 spiro atoms. The Kier molecular flexibility index (Phi) is 4.63. The molecule has 2 nitrogen and oxygen atoms in total. The molecule has 0 heterocycles. The molecule has 2 aromatic rings. The molecular formula is C15H12Cl2FNO. The van der Waals surface area contributed by atoms with Gasteiger partial charge in [0.15, 0.2) is 0 Å². The van der Waals surface area contributed by atoms with Gasteiger partial charge in [0, 0.05) is 10.0 Å². The van der Waals surface area contributed by atoms with Crippen molar-refractivity contribution in [1.29, 1.82) is 0 Å². The van der Waals surface area contributed by atoms with Gasteiger partial charge >= 0.3 is 0 Å². The lowest BCUT2D eigenvalue weighted by atomic mass is 9.91. The van der Waals surface area contributed by atoms with Crippen LogP contribution >= 0.6 is 23.2 Å². The third-order valence-corrected chi connectivity index (χ3v) is 3.60. The molecule has 1 amide bonds. The van der Waals surface area contributed by atoms with Crippen molar-refractivity contribution in [2.24, 2.45) is 5.73 Å². The summed E-state index contributed by atoms with van der Waals surface area (Å²) in [7, 11) is 0. The lowest BCUT2D eigenvalue weighted by Crippen LogP contribution is -2.23. The lowest BCUT2D eigenvalue weighted by Gasteiger charge is -2.15. The van der Waals surface area contributed by atoms with E-state index in [0.29, 0.717) is 22.0 Å². The molecule has 0 aromatic heterocycles. The van der Waals surface area contributed by atoms with Gasteiger partial charge in [-0.05, 0) is 41.8 Å². The predicted molar refractivity (Wildman–Crippen MR) is 78.5 cm³/mol. The molecular weight excluding hydrogens is 300 g/mol. The number of hydrogen-bond donors (Lipinski definition) is 1. The maximum atomic E-state index is 12.9. The summed E-state index contributed by atoms with van der Waals surface area (Å²) in [6, 6.07) is 10.8. The summed E-state index contributed by atoms with van der Waals surface area (Å²) in [5, 5.41) is 0.882. The van der Waals surface area contributed by atoms with Gasteiger partial charge < -0.3 is 5.73 Å². The number of rotatable bonds is 4. The van der Waals surface area contributed by atoms with Gasteiger partial charge in [-0.3, -0.25) is 4.79 Å². The Hall–Kier alpha value is -1.58. The Morgan fingerprint density at radius 2 is 1.80 bits per heavy atom. The second-order valence-corrected chi connectivity index (χ2v) is 5.30. The molecule has 2 aromatic carbocycles. The first-order chi connectivity index (χ1) is 9.47. The van der Waals surface area contributed by atoms with Gasteiger partial charge in [-0.2, -0.15) is 0 Å². The Labute approximate surface area is 126 Å². The van der Waals surface area contributed by atoms with E-state index >= 15 is 0 Å². The van der Waals surface area contributed by atoms with Gasteiger partial charge in [0.05, 0.1) is 5.92 Å². The van der Waals surface area contributed by atoms with Gasteiger partial charge in [0.1, 0.15) is 5.82 Å². The number of benzene rings is 2. The number of carbonyl (C=O) groups is 1. The minimum absolute atomic E-state index is 0.325. The summed E-state index contributed by atoms with van der Waals surface area (Å²) in [5.41, 5.74) is 6.87. The topological polar surface area (TPSA) is 43.1 Å². The van der Waals surface area contributed by atoms with Crippen molar-refractivity contribution in [1.82, 2.24) is 0 Å². The molecule has 0 aliphatic rings. The number of amides is 1. The van der Waals surface area contributed by atoms with E-state index in [1.807, 2.05) is 0 Å². The molecule has 0 unspecified atom stereocenters. The van der Waals surface area contributed by atoms with Crippen LogP contribution in [0.3, 0.4) is 0 Å². The van der Waals surface area contributed by atoms with E-state index < -0.39 is 11.8 Å². The highest BCUT2D eigenvalue weighted by molar-refractivity contribution is 6.35. The minimum atomic E-state index is -0.578. The van der Waals surface area contributed by atoms with Crippen LogP contribution < -0.4 is 5.73 Å². The maximum Gasteiger partial charge on any atom is 0.225 e. The van der Waals surface area contributed by atoms with E-state index in [4.69, 9.17) is 28.9 Å². The standard InChI is InChI=1S/C15H12Cl2FNO/c16-10-3-6-12(14(17)8-10)13(15(19)20)7-9-1-4-11(18)5-2-9/h1-6,8,13H,7H2,(H2,19,20)/t13-/m1/s1. The average Bonchev–Trinajstić information content (AvgIpc) is 2.39. The van der Waals surface area contributed by atoms with Crippen LogP contribution in [0.1, 0.15) is 17.0 Å². The molecule has 0 bridgehead atoms. The van der Waals surface area contributed by atoms with Crippen molar-refractivity contribution in [3.05, 3.63) is 69.5 Å². The number of carbonyl (C=O) groups excluding carboxylic acids is 1. The second-order valence-electron chi connectivity index (χ2n) is 4.45. The molecule has 0 aliphatic carbocycles. The number of halogens is 3. The average molecular weight is 312 g/mol. The SMILES string of the molecule is NC(=O)[C@H](Cc1ccc(F)cc1)c1ccc(Cl)cc1Cl. The number of hydrogen-bond acceptors (Lipinski definition) is 1. The third-order valence-electron chi connectivity index (χ3n) is 3.03. The smallest absolute Gasteiger partial charge is 0.225 e. The number of nitrogens with two attached hydrogens (primary N) is 1. The van der Waals surface area contributed by atoms with Crippen molar-refractivity contribution in [3.8, 4) is 0 Å².